The zero-order valence-corrected chi connectivity index (χ0v) is 9.10. The molecule has 0 aliphatic rings. The molecular weight excluding hydrogens is 219 g/mol. The lowest BCUT2D eigenvalue weighted by molar-refractivity contribution is -0.137. The number of rotatable bonds is 3. The van der Waals surface area contributed by atoms with E-state index in [9.17, 15) is 13.2 Å². The highest BCUT2D eigenvalue weighted by Crippen LogP contribution is 2.31. The molecule has 16 heavy (non-hydrogen) atoms. The third-order valence-corrected chi connectivity index (χ3v) is 2.15. The Kier molecular flexibility index (Phi) is 3.80. The van der Waals surface area contributed by atoms with Crippen molar-refractivity contribution in [3.05, 3.63) is 29.3 Å². The van der Waals surface area contributed by atoms with Gasteiger partial charge in [0.15, 0.2) is 0 Å². The van der Waals surface area contributed by atoms with E-state index in [4.69, 9.17) is 5.11 Å². The van der Waals surface area contributed by atoms with Crippen molar-refractivity contribution in [2.75, 3.05) is 11.9 Å². The van der Waals surface area contributed by atoms with Crippen LogP contribution in [0, 0.1) is 6.92 Å². The molecule has 0 radical (unpaired) electrons. The second kappa shape index (κ2) is 4.74. The van der Waals surface area contributed by atoms with Crippen LogP contribution in [0.3, 0.4) is 0 Å². The molecule has 90 valence electrons. The lowest BCUT2D eigenvalue weighted by Gasteiger charge is -2.14. The third kappa shape index (κ3) is 3.41. The van der Waals surface area contributed by atoms with Gasteiger partial charge in [-0.15, -0.1) is 0 Å². The monoisotopic (exact) mass is 233 g/mol. The van der Waals surface area contributed by atoms with Gasteiger partial charge in [0, 0.05) is 12.2 Å². The number of hydrogen-bond acceptors (Lipinski definition) is 2. The Morgan fingerprint density at radius 2 is 2.00 bits per heavy atom. The number of hydrogen-bond donors (Lipinski definition) is 2. The zero-order chi connectivity index (χ0) is 12.3. The quantitative estimate of drug-likeness (QED) is 0.841. The molecule has 0 unspecified atom stereocenters. The summed E-state index contributed by atoms with van der Waals surface area (Å²) in [6.07, 6.45) is -4.94. The van der Waals surface area contributed by atoms with Gasteiger partial charge in [0.1, 0.15) is 0 Å². The molecule has 0 saturated heterocycles. The average molecular weight is 233 g/mol. The van der Waals surface area contributed by atoms with Crippen LogP contribution in [-0.2, 0) is 6.18 Å². The molecule has 0 amide bonds. The van der Waals surface area contributed by atoms with E-state index in [1.54, 1.807) is 13.8 Å². The molecule has 1 rings (SSSR count). The van der Waals surface area contributed by atoms with Gasteiger partial charge in [-0.25, -0.2) is 0 Å². The number of aliphatic hydroxyl groups excluding tert-OH is 1. The topological polar surface area (TPSA) is 32.3 Å². The maximum atomic E-state index is 12.4. The fraction of sp³-hybridized carbons (Fsp3) is 0.455. The molecule has 0 aliphatic heterocycles. The minimum atomic E-state index is -4.34. The summed E-state index contributed by atoms with van der Waals surface area (Å²) in [5.41, 5.74) is 0.426. The normalized spacial score (nSPS) is 13.6. The summed E-state index contributed by atoms with van der Waals surface area (Å²) in [5.74, 6) is 0. The van der Waals surface area contributed by atoms with Gasteiger partial charge in [-0.2, -0.15) is 13.2 Å². The molecule has 2 N–H and O–H groups in total. The van der Waals surface area contributed by atoms with Crippen molar-refractivity contribution in [3.63, 3.8) is 0 Å². The van der Waals surface area contributed by atoms with Crippen molar-refractivity contribution in [1.29, 1.82) is 0 Å². The highest BCUT2D eigenvalue weighted by Gasteiger charge is 2.30. The number of benzene rings is 1. The first kappa shape index (κ1) is 12.8. The smallest absolute Gasteiger partial charge is 0.392 e. The van der Waals surface area contributed by atoms with Crippen LogP contribution in [0.25, 0.3) is 0 Å². The average Bonchev–Trinajstić information content (AvgIpc) is 2.14. The second-order valence-corrected chi connectivity index (χ2v) is 3.76. The summed E-state index contributed by atoms with van der Waals surface area (Å²) in [6, 6.07) is 3.51. The zero-order valence-electron chi connectivity index (χ0n) is 9.10. The molecule has 0 spiro atoms. The number of anilines is 1. The maximum Gasteiger partial charge on any atom is 0.416 e. The molecule has 1 aromatic rings. The van der Waals surface area contributed by atoms with E-state index in [2.05, 4.69) is 5.32 Å². The number of nitrogens with one attached hydrogen (secondary N) is 1. The van der Waals surface area contributed by atoms with E-state index >= 15 is 0 Å². The van der Waals surface area contributed by atoms with Crippen molar-refractivity contribution in [1.82, 2.24) is 0 Å². The van der Waals surface area contributed by atoms with E-state index in [1.807, 2.05) is 0 Å². The highest BCUT2D eigenvalue weighted by molar-refractivity contribution is 5.53. The van der Waals surface area contributed by atoms with Crippen LogP contribution in [0.5, 0.6) is 0 Å². The van der Waals surface area contributed by atoms with E-state index < -0.39 is 17.8 Å². The first-order valence-electron chi connectivity index (χ1n) is 4.90. The maximum absolute atomic E-state index is 12.4. The van der Waals surface area contributed by atoms with Crippen LogP contribution in [0.15, 0.2) is 18.2 Å². The molecule has 0 bridgehead atoms. The predicted molar refractivity (Wildman–Crippen MR) is 56.4 cm³/mol. The molecule has 0 heterocycles. The SMILES string of the molecule is Cc1ccc(C(F)(F)F)cc1NC[C@@H](C)O. The number of aliphatic hydroxyl groups is 1. The molecule has 1 atom stereocenters. The Bertz CT molecular complexity index is 361. The van der Waals surface area contributed by atoms with Gasteiger partial charge in [-0.1, -0.05) is 6.07 Å². The van der Waals surface area contributed by atoms with E-state index in [1.165, 1.54) is 6.07 Å². The van der Waals surface area contributed by atoms with Gasteiger partial charge < -0.3 is 10.4 Å². The standard InChI is InChI=1S/C11H14F3NO/c1-7-3-4-9(11(12,13)14)5-10(7)15-6-8(2)16/h3-5,8,15-16H,6H2,1-2H3/t8-/m1/s1. The Morgan fingerprint density at radius 3 is 2.50 bits per heavy atom. The van der Waals surface area contributed by atoms with Crippen LogP contribution in [0.1, 0.15) is 18.1 Å². The van der Waals surface area contributed by atoms with Crippen LogP contribution in [-0.4, -0.2) is 17.8 Å². The predicted octanol–water partition coefficient (Wildman–Crippen LogP) is 2.81. The van der Waals surface area contributed by atoms with Crippen molar-refractivity contribution in [2.45, 2.75) is 26.1 Å². The summed E-state index contributed by atoms with van der Waals surface area (Å²) in [4.78, 5) is 0. The minimum Gasteiger partial charge on any atom is -0.392 e. The van der Waals surface area contributed by atoms with Crippen LogP contribution < -0.4 is 5.32 Å². The van der Waals surface area contributed by atoms with Gasteiger partial charge in [0.05, 0.1) is 11.7 Å². The summed E-state index contributed by atoms with van der Waals surface area (Å²) in [5, 5.41) is 11.8. The Balaban J connectivity index is 2.91. The largest absolute Gasteiger partial charge is 0.416 e. The molecule has 1 aromatic carbocycles. The fourth-order valence-electron chi connectivity index (χ4n) is 1.25. The van der Waals surface area contributed by atoms with Crippen LogP contribution in [0.4, 0.5) is 18.9 Å². The Hall–Kier alpha value is -1.23. The first-order chi connectivity index (χ1) is 7.30. The lowest BCUT2D eigenvalue weighted by atomic mass is 10.1. The minimum absolute atomic E-state index is 0.224. The first-order valence-corrected chi connectivity index (χ1v) is 4.90. The van der Waals surface area contributed by atoms with Gasteiger partial charge >= 0.3 is 6.18 Å². The second-order valence-electron chi connectivity index (χ2n) is 3.76. The Labute approximate surface area is 92.1 Å². The Morgan fingerprint density at radius 1 is 1.38 bits per heavy atom. The number of alkyl halides is 3. The fourth-order valence-corrected chi connectivity index (χ4v) is 1.25. The number of aryl methyl sites for hydroxylation is 1. The molecule has 5 heteroatoms. The molecular formula is C11H14F3NO. The van der Waals surface area contributed by atoms with Crippen LogP contribution in [0.2, 0.25) is 0 Å². The summed E-state index contributed by atoms with van der Waals surface area (Å²) in [6.45, 7) is 3.50. The van der Waals surface area contributed by atoms with Gasteiger partial charge in [-0.05, 0) is 31.5 Å². The lowest BCUT2D eigenvalue weighted by Crippen LogP contribution is -2.16. The van der Waals surface area contributed by atoms with E-state index in [-0.39, 0.29) is 6.54 Å². The van der Waals surface area contributed by atoms with Gasteiger partial charge in [-0.3, -0.25) is 0 Å². The van der Waals surface area contributed by atoms with Crippen molar-refractivity contribution in [2.24, 2.45) is 0 Å². The van der Waals surface area contributed by atoms with Gasteiger partial charge in [0.2, 0.25) is 0 Å². The third-order valence-electron chi connectivity index (χ3n) is 2.15. The van der Waals surface area contributed by atoms with Crippen LogP contribution >= 0.6 is 0 Å². The highest BCUT2D eigenvalue weighted by atomic mass is 19.4. The van der Waals surface area contributed by atoms with Gasteiger partial charge in [0.25, 0.3) is 0 Å². The molecule has 0 aliphatic carbocycles. The van der Waals surface area contributed by atoms with Crippen molar-refractivity contribution >= 4 is 5.69 Å². The van der Waals surface area contributed by atoms with Crippen molar-refractivity contribution in [3.8, 4) is 0 Å². The molecule has 2 nitrogen and oxygen atoms in total. The van der Waals surface area contributed by atoms with E-state index in [0.717, 1.165) is 12.1 Å². The number of halogens is 3. The molecule has 0 aromatic heterocycles. The summed E-state index contributed by atoms with van der Waals surface area (Å²) < 4.78 is 37.3. The van der Waals surface area contributed by atoms with E-state index in [0.29, 0.717) is 11.3 Å². The summed E-state index contributed by atoms with van der Waals surface area (Å²) >= 11 is 0. The molecule has 0 saturated carbocycles. The summed E-state index contributed by atoms with van der Waals surface area (Å²) in [7, 11) is 0. The molecule has 0 fully saturated rings. The van der Waals surface area contributed by atoms with Crippen molar-refractivity contribution < 1.29 is 18.3 Å².